The molecule has 1 fully saturated rings. The van der Waals surface area contributed by atoms with Gasteiger partial charge in [-0.3, -0.25) is 4.79 Å². The second kappa shape index (κ2) is 4.52. The van der Waals surface area contributed by atoms with E-state index in [0.29, 0.717) is 5.92 Å². The summed E-state index contributed by atoms with van der Waals surface area (Å²) in [5, 5.41) is 2.95. The summed E-state index contributed by atoms with van der Waals surface area (Å²) in [6, 6.07) is -0.413. The van der Waals surface area contributed by atoms with E-state index in [0.717, 1.165) is 12.5 Å². The molecule has 0 aliphatic heterocycles. The van der Waals surface area contributed by atoms with Crippen LogP contribution in [0.4, 0.5) is 0 Å². The summed E-state index contributed by atoms with van der Waals surface area (Å²) < 4.78 is 0. The first kappa shape index (κ1) is 12.5. The number of carbonyl (C=O) groups is 1. The quantitative estimate of drug-likeness (QED) is 0.742. The van der Waals surface area contributed by atoms with Gasteiger partial charge in [-0.15, -0.1) is 0 Å². The third kappa shape index (κ3) is 3.82. The molecule has 1 amide bonds. The summed E-state index contributed by atoms with van der Waals surface area (Å²) in [6.07, 6.45) is 2.64. The average molecular weight is 212 g/mol. The van der Waals surface area contributed by atoms with Gasteiger partial charge in [0.2, 0.25) is 5.91 Å². The second-order valence-electron chi connectivity index (χ2n) is 5.90. The summed E-state index contributed by atoms with van der Waals surface area (Å²) in [5.41, 5.74) is 5.70. The summed E-state index contributed by atoms with van der Waals surface area (Å²) in [4.78, 5) is 11.7. The van der Waals surface area contributed by atoms with Gasteiger partial charge >= 0.3 is 0 Å². The number of nitrogens with two attached hydrogens (primary N) is 1. The van der Waals surface area contributed by atoms with Crippen molar-refractivity contribution in [2.75, 3.05) is 6.54 Å². The molecule has 0 aromatic carbocycles. The molecule has 0 heterocycles. The zero-order valence-electron chi connectivity index (χ0n) is 10.3. The number of nitrogens with one attached hydrogen (secondary N) is 1. The third-order valence-corrected chi connectivity index (χ3v) is 3.24. The highest BCUT2D eigenvalue weighted by atomic mass is 16.2. The molecule has 88 valence electrons. The van der Waals surface area contributed by atoms with E-state index in [9.17, 15) is 4.79 Å². The van der Waals surface area contributed by atoms with Crippen LogP contribution in [-0.4, -0.2) is 18.5 Å². The van der Waals surface area contributed by atoms with Crippen molar-refractivity contribution in [3.05, 3.63) is 0 Å². The summed E-state index contributed by atoms with van der Waals surface area (Å²) in [5.74, 6) is 1.41. The van der Waals surface area contributed by atoms with E-state index in [1.807, 2.05) is 20.8 Å². The fraction of sp³-hybridized carbons (Fsp3) is 0.917. The monoisotopic (exact) mass is 212 g/mol. The zero-order valence-corrected chi connectivity index (χ0v) is 10.3. The Kier molecular flexibility index (Phi) is 3.77. The van der Waals surface area contributed by atoms with E-state index in [1.165, 1.54) is 12.8 Å². The van der Waals surface area contributed by atoms with Crippen molar-refractivity contribution in [1.29, 1.82) is 0 Å². The summed E-state index contributed by atoms with van der Waals surface area (Å²) in [7, 11) is 0. The molecule has 1 saturated carbocycles. The maximum atomic E-state index is 11.7. The molecular weight excluding hydrogens is 188 g/mol. The fourth-order valence-corrected chi connectivity index (χ4v) is 1.60. The topological polar surface area (TPSA) is 55.1 Å². The van der Waals surface area contributed by atoms with Gasteiger partial charge in [-0.1, -0.05) is 27.7 Å². The zero-order chi connectivity index (χ0) is 11.6. The standard InChI is InChI=1S/C12H24N2O/c1-8(9-5-6-9)7-14-11(15)10(13)12(2,3)4/h8-10H,5-7,13H2,1-4H3,(H,14,15)/t8?,10-/m0/s1. The van der Waals surface area contributed by atoms with E-state index in [-0.39, 0.29) is 11.3 Å². The Morgan fingerprint density at radius 2 is 2.00 bits per heavy atom. The van der Waals surface area contributed by atoms with Crippen LogP contribution in [0.2, 0.25) is 0 Å². The van der Waals surface area contributed by atoms with Crippen LogP contribution in [0.15, 0.2) is 0 Å². The Balaban J connectivity index is 2.28. The van der Waals surface area contributed by atoms with Crippen molar-refractivity contribution >= 4 is 5.91 Å². The Morgan fingerprint density at radius 1 is 1.47 bits per heavy atom. The maximum absolute atomic E-state index is 11.7. The highest BCUT2D eigenvalue weighted by molar-refractivity contribution is 5.82. The van der Waals surface area contributed by atoms with Crippen molar-refractivity contribution in [2.24, 2.45) is 23.0 Å². The molecule has 1 aliphatic rings. The van der Waals surface area contributed by atoms with Gasteiger partial charge in [0.25, 0.3) is 0 Å². The molecule has 15 heavy (non-hydrogen) atoms. The third-order valence-electron chi connectivity index (χ3n) is 3.24. The van der Waals surface area contributed by atoms with Crippen LogP contribution in [0.1, 0.15) is 40.5 Å². The Morgan fingerprint density at radius 3 is 2.40 bits per heavy atom. The lowest BCUT2D eigenvalue weighted by molar-refractivity contribution is -0.124. The van der Waals surface area contributed by atoms with E-state index >= 15 is 0 Å². The fourth-order valence-electron chi connectivity index (χ4n) is 1.60. The average Bonchev–Trinajstić information content (AvgIpc) is 2.93. The molecule has 1 rings (SSSR count). The highest BCUT2D eigenvalue weighted by Gasteiger charge is 2.30. The van der Waals surface area contributed by atoms with Gasteiger partial charge in [0.05, 0.1) is 6.04 Å². The molecule has 3 nitrogen and oxygen atoms in total. The van der Waals surface area contributed by atoms with Gasteiger partial charge in [-0.05, 0) is 30.1 Å². The molecule has 3 heteroatoms. The van der Waals surface area contributed by atoms with Gasteiger partial charge in [-0.2, -0.15) is 0 Å². The Bertz CT molecular complexity index is 228. The van der Waals surface area contributed by atoms with Crippen molar-refractivity contribution in [1.82, 2.24) is 5.32 Å². The smallest absolute Gasteiger partial charge is 0.237 e. The molecule has 1 aliphatic carbocycles. The molecule has 0 aromatic rings. The van der Waals surface area contributed by atoms with Gasteiger partial charge in [-0.25, -0.2) is 0 Å². The van der Waals surface area contributed by atoms with Crippen LogP contribution < -0.4 is 11.1 Å². The minimum Gasteiger partial charge on any atom is -0.354 e. The summed E-state index contributed by atoms with van der Waals surface area (Å²) in [6.45, 7) is 8.93. The molecule has 0 saturated heterocycles. The summed E-state index contributed by atoms with van der Waals surface area (Å²) >= 11 is 0. The van der Waals surface area contributed by atoms with Crippen LogP contribution in [0.3, 0.4) is 0 Å². The molecule has 0 radical (unpaired) electrons. The van der Waals surface area contributed by atoms with Crippen LogP contribution in [0.5, 0.6) is 0 Å². The van der Waals surface area contributed by atoms with Crippen LogP contribution >= 0.6 is 0 Å². The molecule has 3 N–H and O–H groups in total. The number of amides is 1. The van der Waals surface area contributed by atoms with Gasteiger partial charge in [0.15, 0.2) is 0 Å². The number of hydrogen-bond acceptors (Lipinski definition) is 2. The predicted molar refractivity (Wildman–Crippen MR) is 62.3 cm³/mol. The lowest BCUT2D eigenvalue weighted by atomic mass is 9.87. The molecule has 0 spiro atoms. The lowest BCUT2D eigenvalue weighted by Gasteiger charge is -2.26. The maximum Gasteiger partial charge on any atom is 0.237 e. The first-order valence-electron chi connectivity index (χ1n) is 5.85. The predicted octanol–water partition coefficient (Wildman–Crippen LogP) is 1.52. The lowest BCUT2D eigenvalue weighted by Crippen LogP contribution is -2.49. The number of hydrogen-bond donors (Lipinski definition) is 2. The van der Waals surface area contributed by atoms with E-state index < -0.39 is 6.04 Å². The number of carbonyl (C=O) groups excluding carboxylic acids is 1. The van der Waals surface area contributed by atoms with Crippen LogP contribution in [0.25, 0.3) is 0 Å². The molecule has 2 atom stereocenters. The normalized spacial score (nSPS) is 20.9. The van der Waals surface area contributed by atoms with E-state index in [4.69, 9.17) is 5.73 Å². The number of rotatable bonds is 4. The molecule has 0 bridgehead atoms. The van der Waals surface area contributed by atoms with Gasteiger partial charge < -0.3 is 11.1 Å². The van der Waals surface area contributed by atoms with Gasteiger partial charge in [0, 0.05) is 6.54 Å². The molecule has 1 unspecified atom stereocenters. The SMILES string of the molecule is CC(CNC(=O)[C@H](N)C(C)(C)C)C1CC1. The largest absolute Gasteiger partial charge is 0.354 e. The first-order chi connectivity index (χ1) is 6.82. The van der Waals surface area contributed by atoms with Crippen LogP contribution in [0, 0.1) is 17.3 Å². The second-order valence-corrected chi connectivity index (χ2v) is 5.90. The molecular formula is C12H24N2O. The molecule has 0 aromatic heterocycles. The van der Waals surface area contributed by atoms with Crippen molar-refractivity contribution in [3.63, 3.8) is 0 Å². The van der Waals surface area contributed by atoms with E-state index in [2.05, 4.69) is 12.2 Å². The van der Waals surface area contributed by atoms with Gasteiger partial charge in [0.1, 0.15) is 0 Å². The van der Waals surface area contributed by atoms with Crippen molar-refractivity contribution in [2.45, 2.75) is 46.6 Å². The van der Waals surface area contributed by atoms with Crippen molar-refractivity contribution < 1.29 is 4.79 Å². The Hall–Kier alpha value is -0.570. The highest BCUT2D eigenvalue weighted by Crippen LogP contribution is 2.36. The van der Waals surface area contributed by atoms with Crippen LogP contribution in [-0.2, 0) is 4.79 Å². The Labute approximate surface area is 92.8 Å². The van der Waals surface area contributed by atoms with E-state index in [1.54, 1.807) is 0 Å². The minimum absolute atomic E-state index is 0.0185. The minimum atomic E-state index is -0.413. The van der Waals surface area contributed by atoms with Crippen molar-refractivity contribution in [3.8, 4) is 0 Å². The first-order valence-corrected chi connectivity index (χ1v) is 5.85.